The van der Waals surface area contributed by atoms with Gasteiger partial charge in [-0.1, -0.05) is 0 Å². The van der Waals surface area contributed by atoms with Gasteiger partial charge < -0.3 is 15.3 Å². The van der Waals surface area contributed by atoms with Crippen molar-refractivity contribution >= 4 is 11.9 Å². The van der Waals surface area contributed by atoms with Crippen LogP contribution in [0.25, 0.3) is 0 Å². The summed E-state index contributed by atoms with van der Waals surface area (Å²) in [5, 5.41) is 26.3. The molecule has 1 aromatic rings. The first-order valence-corrected chi connectivity index (χ1v) is 3.60. The number of nitrogens with zero attached hydrogens (tertiary/aromatic N) is 1. The number of pyridine rings is 1. The third kappa shape index (κ3) is 1.63. The van der Waals surface area contributed by atoms with E-state index in [1.54, 1.807) is 0 Å². The fraction of sp³-hybridized carbons (Fsp3) is 0.125. The molecule has 0 bridgehead atoms. The highest BCUT2D eigenvalue weighted by atomic mass is 16.4. The zero-order valence-corrected chi connectivity index (χ0v) is 7.18. The van der Waals surface area contributed by atoms with E-state index in [4.69, 9.17) is 15.3 Å². The molecule has 0 saturated carbocycles. The minimum atomic E-state index is -1.42. The molecule has 14 heavy (non-hydrogen) atoms. The van der Waals surface area contributed by atoms with Crippen molar-refractivity contribution in [2.24, 2.45) is 0 Å². The molecule has 0 aliphatic rings. The van der Waals surface area contributed by atoms with Crippen molar-refractivity contribution in [3.63, 3.8) is 0 Å². The molecule has 0 spiro atoms. The second-order valence-electron chi connectivity index (χ2n) is 2.60. The fourth-order valence-corrected chi connectivity index (χ4v) is 0.967. The molecular weight excluding hydrogens is 190 g/mol. The molecule has 0 atom stereocenters. The number of carboxylic acids is 2. The highest BCUT2D eigenvalue weighted by Crippen LogP contribution is 2.18. The summed E-state index contributed by atoms with van der Waals surface area (Å²) in [7, 11) is 0. The van der Waals surface area contributed by atoms with Gasteiger partial charge in [0.2, 0.25) is 5.88 Å². The van der Waals surface area contributed by atoms with E-state index in [2.05, 4.69) is 4.98 Å². The Morgan fingerprint density at radius 2 is 1.71 bits per heavy atom. The Balaban J connectivity index is 3.42. The Kier molecular flexibility index (Phi) is 2.37. The van der Waals surface area contributed by atoms with Crippen molar-refractivity contribution in [3.05, 3.63) is 22.9 Å². The van der Waals surface area contributed by atoms with E-state index in [1.165, 1.54) is 6.92 Å². The van der Waals surface area contributed by atoms with Crippen LogP contribution in [0, 0.1) is 6.92 Å². The van der Waals surface area contributed by atoms with E-state index >= 15 is 0 Å². The molecule has 74 valence electrons. The van der Waals surface area contributed by atoms with Crippen molar-refractivity contribution in [1.82, 2.24) is 4.98 Å². The Labute approximate surface area is 78.5 Å². The summed E-state index contributed by atoms with van der Waals surface area (Å²) < 4.78 is 0. The number of aryl methyl sites for hydroxylation is 1. The first-order chi connectivity index (χ1) is 6.43. The maximum Gasteiger partial charge on any atom is 0.341 e. The highest BCUT2D eigenvalue weighted by Gasteiger charge is 2.17. The van der Waals surface area contributed by atoms with E-state index in [1.807, 2.05) is 0 Å². The lowest BCUT2D eigenvalue weighted by Crippen LogP contribution is -2.07. The van der Waals surface area contributed by atoms with Gasteiger partial charge in [0, 0.05) is 0 Å². The predicted molar refractivity (Wildman–Crippen MR) is 44.6 cm³/mol. The van der Waals surface area contributed by atoms with Crippen LogP contribution < -0.4 is 0 Å². The Hall–Kier alpha value is -2.11. The molecule has 0 aliphatic carbocycles. The number of aromatic hydroxyl groups is 1. The van der Waals surface area contributed by atoms with Gasteiger partial charge in [0.05, 0.1) is 11.3 Å². The molecule has 0 saturated heterocycles. The number of carbonyl (C=O) groups is 2. The first-order valence-electron chi connectivity index (χ1n) is 3.60. The highest BCUT2D eigenvalue weighted by molar-refractivity contribution is 5.95. The Morgan fingerprint density at radius 3 is 2.14 bits per heavy atom. The van der Waals surface area contributed by atoms with Crippen LogP contribution in [-0.4, -0.2) is 32.2 Å². The first kappa shape index (κ1) is 9.97. The summed E-state index contributed by atoms with van der Waals surface area (Å²) in [6.07, 6.45) is 0. The summed E-state index contributed by atoms with van der Waals surface area (Å²) in [5.41, 5.74) is -0.687. The number of aromatic nitrogens is 1. The van der Waals surface area contributed by atoms with Crippen molar-refractivity contribution in [1.29, 1.82) is 0 Å². The van der Waals surface area contributed by atoms with Gasteiger partial charge in [0.1, 0.15) is 5.56 Å². The van der Waals surface area contributed by atoms with Crippen LogP contribution in [-0.2, 0) is 0 Å². The normalized spacial score (nSPS) is 9.79. The molecule has 0 fully saturated rings. The summed E-state index contributed by atoms with van der Waals surface area (Å²) in [6, 6.07) is 0.877. The second-order valence-corrected chi connectivity index (χ2v) is 2.60. The average molecular weight is 197 g/mol. The minimum Gasteiger partial charge on any atom is -0.493 e. The van der Waals surface area contributed by atoms with Crippen molar-refractivity contribution in [2.75, 3.05) is 0 Å². The molecule has 0 amide bonds. The topological polar surface area (TPSA) is 108 Å². The van der Waals surface area contributed by atoms with Crippen LogP contribution in [0.2, 0.25) is 0 Å². The third-order valence-electron chi connectivity index (χ3n) is 1.65. The van der Waals surface area contributed by atoms with Crippen molar-refractivity contribution in [2.45, 2.75) is 6.92 Å². The maximum absolute atomic E-state index is 10.6. The van der Waals surface area contributed by atoms with Crippen LogP contribution in [0.15, 0.2) is 6.07 Å². The van der Waals surface area contributed by atoms with E-state index in [-0.39, 0.29) is 11.3 Å². The summed E-state index contributed by atoms with van der Waals surface area (Å²) in [5.74, 6) is -3.38. The molecule has 0 unspecified atom stereocenters. The number of hydrogen-bond acceptors (Lipinski definition) is 4. The van der Waals surface area contributed by atoms with E-state index in [9.17, 15) is 9.59 Å². The van der Waals surface area contributed by atoms with Crippen LogP contribution in [0.5, 0.6) is 5.88 Å². The molecule has 0 aromatic carbocycles. The zero-order valence-electron chi connectivity index (χ0n) is 7.18. The van der Waals surface area contributed by atoms with Gasteiger partial charge in [-0.3, -0.25) is 0 Å². The largest absolute Gasteiger partial charge is 0.493 e. The molecular formula is C8H7NO5. The fourth-order valence-electron chi connectivity index (χ4n) is 0.967. The molecule has 6 heteroatoms. The molecule has 0 aliphatic heterocycles. The lowest BCUT2D eigenvalue weighted by Gasteiger charge is -2.03. The standard InChI is InChI=1S/C8H7NO5/c1-3-4(7(11)12)2-5(8(13)14)6(10)9-3/h2H,1H3,(H,9,10)(H,11,12)(H,13,14). The molecule has 6 nitrogen and oxygen atoms in total. The van der Waals surface area contributed by atoms with E-state index in [0.29, 0.717) is 0 Å². The summed E-state index contributed by atoms with van der Waals surface area (Å²) in [4.78, 5) is 24.5. The molecule has 3 N–H and O–H groups in total. The van der Waals surface area contributed by atoms with Crippen LogP contribution in [0.4, 0.5) is 0 Å². The van der Waals surface area contributed by atoms with Crippen LogP contribution in [0.3, 0.4) is 0 Å². The monoisotopic (exact) mass is 197 g/mol. The quantitative estimate of drug-likeness (QED) is 0.636. The van der Waals surface area contributed by atoms with Gasteiger partial charge in [-0.2, -0.15) is 0 Å². The Morgan fingerprint density at radius 1 is 1.21 bits per heavy atom. The average Bonchev–Trinajstić information content (AvgIpc) is 2.02. The smallest absolute Gasteiger partial charge is 0.341 e. The van der Waals surface area contributed by atoms with Crippen molar-refractivity contribution < 1.29 is 24.9 Å². The molecule has 0 radical (unpaired) electrons. The van der Waals surface area contributed by atoms with Crippen LogP contribution in [0.1, 0.15) is 26.4 Å². The predicted octanol–water partition coefficient (Wildman–Crippen LogP) is 0.492. The molecule has 1 rings (SSSR count). The molecule has 1 aromatic heterocycles. The Bertz CT molecular complexity index is 377. The zero-order chi connectivity index (χ0) is 10.9. The van der Waals surface area contributed by atoms with E-state index < -0.39 is 23.4 Å². The third-order valence-corrected chi connectivity index (χ3v) is 1.65. The summed E-state index contributed by atoms with van der Waals surface area (Å²) >= 11 is 0. The van der Waals surface area contributed by atoms with Crippen molar-refractivity contribution in [3.8, 4) is 5.88 Å². The lowest BCUT2D eigenvalue weighted by atomic mass is 10.1. The van der Waals surface area contributed by atoms with E-state index in [0.717, 1.165) is 6.07 Å². The number of hydrogen-bond donors (Lipinski definition) is 3. The second kappa shape index (κ2) is 3.33. The van der Waals surface area contributed by atoms with Gasteiger partial charge in [0.25, 0.3) is 0 Å². The molecule has 1 heterocycles. The lowest BCUT2D eigenvalue weighted by molar-refractivity contribution is 0.0693. The van der Waals surface area contributed by atoms with Gasteiger partial charge >= 0.3 is 11.9 Å². The van der Waals surface area contributed by atoms with Gasteiger partial charge in [-0.25, -0.2) is 14.6 Å². The van der Waals surface area contributed by atoms with Gasteiger partial charge in [-0.05, 0) is 13.0 Å². The maximum atomic E-state index is 10.6. The van der Waals surface area contributed by atoms with Gasteiger partial charge in [0.15, 0.2) is 0 Å². The van der Waals surface area contributed by atoms with Crippen LogP contribution >= 0.6 is 0 Å². The number of carboxylic acid groups (broad SMARTS) is 2. The number of aromatic carboxylic acids is 2. The minimum absolute atomic E-state index is 0.0694. The SMILES string of the molecule is Cc1nc(O)c(C(=O)O)cc1C(=O)O. The summed E-state index contributed by atoms with van der Waals surface area (Å²) in [6.45, 7) is 1.37. The number of rotatable bonds is 2. The van der Waals surface area contributed by atoms with Gasteiger partial charge in [-0.15, -0.1) is 0 Å².